The molecule has 0 aromatic carbocycles. The lowest BCUT2D eigenvalue weighted by Crippen LogP contribution is -2.19. The molecule has 2 N–H and O–H groups in total. The maximum atomic E-state index is 12.7. The zero-order chi connectivity index (χ0) is 16.5. The summed E-state index contributed by atoms with van der Waals surface area (Å²) >= 11 is 3.15. The monoisotopic (exact) mass is 363 g/mol. The van der Waals surface area contributed by atoms with Gasteiger partial charge in [-0.3, -0.25) is 19.4 Å². The highest BCUT2D eigenvalue weighted by atomic mass is 32.2. The molecule has 2 aromatic rings. The van der Waals surface area contributed by atoms with Gasteiger partial charge in [-0.25, -0.2) is 0 Å². The van der Waals surface area contributed by atoms with Gasteiger partial charge in [0.1, 0.15) is 5.82 Å². The lowest BCUT2D eigenvalue weighted by atomic mass is 10.1. The van der Waals surface area contributed by atoms with Gasteiger partial charge >= 0.3 is 0 Å². The molecule has 4 rings (SSSR count). The van der Waals surface area contributed by atoms with Gasteiger partial charge in [-0.1, -0.05) is 25.7 Å². The number of rotatable bonds is 2. The Kier molecular flexibility index (Phi) is 4.54. The molecule has 0 bridgehead atoms. The predicted molar refractivity (Wildman–Crippen MR) is 99.0 cm³/mol. The van der Waals surface area contributed by atoms with Crippen molar-refractivity contribution in [2.75, 3.05) is 11.1 Å². The maximum Gasteiger partial charge on any atom is 0.270 e. The molecule has 1 saturated carbocycles. The van der Waals surface area contributed by atoms with Crippen LogP contribution >= 0.6 is 23.1 Å². The summed E-state index contributed by atoms with van der Waals surface area (Å²) in [6.45, 7) is 0. The van der Waals surface area contributed by atoms with Crippen LogP contribution in [0.1, 0.15) is 60.9 Å². The number of thioether (sulfide) groups is 1. The zero-order valence-electron chi connectivity index (χ0n) is 13.4. The van der Waals surface area contributed by atoms with E-state index in [4.69, 9.17) is 0 Å². The minimum absolute atomic E-state index is 0.0275. The van der Waals surface area contributed by atoms with E-state index in [1.807, 2.05) is 16.1 Å². The molecule has 7 heteroatoms. The summed E-state index contributed by atoms with van der Waals surface area (Å²) in [6.07, 6.45) is 6.98. The Bertz CT molecular complexity index is 770. The van der Waals surface area contributed by atoms with Crippen LogP contribution in [0.5, 0.6) is 0 Å². The van der Waals surface area contributed by atoms with E-state index < -0.39 is 0 Å². The van der Waals surface area contributed by atoms with E-state index in [1.165, 1.54) is 37.4 Å². The van der Waals surface area contributed by atoms with Crippen molar-refractivity contribution in [1.82, 2.24) is 9.78 Å². The number of carbonyl (C=O) groups is 1. The molecule has 2 aromatic heterocycles. The Morgan fingerprint density at radius 1 is 1.12 bits per heavy atom. The van der Waals surface area contributed by atoms with E-state index in [-0.39, 0.29) is 22.8 Å². The molecule has 0 spiro atoms. The molecule has 1 amide bonds. The third-order valence-electron chi connectivity index (χ3n) is 4.90. The standard InChI is InChI=1S/C17H21N3O2S2/c21-13-10-24-15(11-7-8-23-9-11)14-16(18-13)20(19-17(14)22)12-5-3-1-2-4-6-12/h7-9,12,15H,1-6,10H2,(H,18,21)(H,19,22)/t15-/m0/s1. The van der Waals surface area contributed by atoms with Crippen LogP contribution in [0.4, 0.5) is 5.82 Å². The van der Waals surface area contributed by atoms with Crippen LogP contribution in [0, 0.1) is 0 Å². The van der Waals surface area contributed by atoms with Gasteiger partial charge in [0, 0.05) is 0 Å². The van der Waals surface area contributed by atoms with Gasteiger partial charge in [-0.15, -0.1) is 11.8 Å². The van der Waals surface area contributed by atoms with Gasteiger partial charge in [0.25, 0.3) is 5.56 Å². The van der Waals surface area contributed by atoms with Crippen molar-refractivity contribution in [2.24, 2.45) is 0 Å². The molecule has 0 saturated heterocycles. The van der Waals surface area contributed by atoms with Crippen molar-refractivity contribution >= 4 is 34.8 Å². The first-order chi connectivity index (χ1) is 11.7. The van der Waals surface area contributed by atoms with Crippen LogP contribution in [0.3, 0.4) is 0 Å². The van der Waals surface area contributed by atoms with Crippen molar-refractivity contribution < 1.29 is 4.79 Å². The Labute approximate surface area is 148 Å². The summed E-state index contributed by atoms with van der Waals surface area (Å²) in [5.41, 5.74) is 1.74. The van der Waals surface area contributed by atoms with E-state index in [2.05, 4.69) is 15.8 Å². The highest BCUT2D eigenvalue weighted by molar-refractivity contribution is 8.00. The number of aromatic nitrogens is 2. The van der Waals surface area contributed by atoms with Gasteiger partial charge in [-0.2, -0.15) is 11.3 Å². The SMILES string of the molecule is O=C1CS[C@@H](c2ccsc2)c2c(n(C3CCCCCC3)[nH]c2=O)N1. The number of hydrogen-bond donors (Lipinski definition) is 2. The number of nitrogens with zero attached hydrogens (tertiary/aromatic N) is 1. The predicted octanol–water partition coefficient (Wildman–Crippen LogP) is 3.91. The van der Waals surface area contributed by atoms with Crippen LogP contribution in [0.2, 0.25) is 0 Å². The lowest BCUT2D eigenvalue weighted by molar-refractivity contribution is -0.113. The maximum absolute atomic E-state index is 12.7. The first kappa shape index (κ1) is 16.0. The summed E-state index contributed by atoms with van der Waals surface area (Å²) in [7, 11) is 0. The number of carbonyl (C=O) groups excluding carboxylic acids is 1. The van der Waals surface area contributed by atoms with Crippen LogP contribution < -0.4 is 10.9 Å². The third kappa shape index (κ3) is 2.95. The Balaban J connectivity index is 1.80. The number of thiophene rings is 1. The molecular formula is C17H21N3O2S2. The summed E-state index contributed by atoms with van der Waals surface area (Å²) < 4.78 is 1.95. The topological polar surface area (TPSA) is 66.9 Å². The fourth-order valence-electron chi connectivity index (χ4n) is 3.72. The zero-order valence-corrected chi connectivity index (χ0v) is 15.0. The number of fused-ring (bicyclic) bond motifs is 1. The number of anilines is 1. The van der Waals surface area contributed by atoms with Gasteiger partial charge in [-0.05, 0) is 35.2 Å². The van der Waals surface area contributed by atoms with Crippen LogP contribution in [-0.4, -0.2) is 21.4 Å². The molecule has 128 valence electrons. The fourth-order valence-corrected chi connectivity index (χ4v) is 5.61. The van der Waals surface area contributed by atoms with Crippen LogP contribution in [0.15, 0.2) is 21.6 Å². The highest BCUT2D eigenvalue weighted by Crippen LogP contribution is 2.42. The summed E-state index contributed by atoms with van der Waals surface area (Å²) in [5, 5.41) is 10.0. The molecule has 5 nitrogen and oxygen atoms in total. The quantitative estimate of drug-likeness (QED) is 0.795. The Morgan fingerprint density at radius 3 is 2.62 bits per heavy atom. The second kappa shape index (κ2) is 6.80. The number of amides is 1. The van der Waals surface area contributed by atoms with Crippen molar-refractivity contribution in [3.8, 4) is 0 Å². The molecular weight excluding hydrogens is 342 g/mol. The fraction of sp³-hybridized carbons (Fsp3) is 0.529. The van der Waals surface area contributed by atoms with E-state index >= 15 is 0 Å². The smallest absolute Gasteiger partial charge is 0.270 e. The van der Waals surface area contributed by atoms with Gasteiger partial charge in [0.2, 0.25) is 5.91 Å². The Hall–Kier alpha value is -1.47. The molecule has 1 aliphatic carbocycles. The lowest BCUT2D eigenvalue weighted by Gasteiger charge is -2.19. The first-order valence-electron chi connectivity index (χ1n) is 8.52. The third-order valence-corrected chi connectivity index (χ3v) is 6.87. The molecule has 2 aliphatic rings. The average Bonchev–Trinajstić information content (AvgIpc) is 3.04. The van der Waals surface area contributed by atoms with E-state index in [0.717, 1.165) is 18.4 Å². The highest BCUT2D eigenvalue weighted by Gasteiger charge is 2.32. The van der Waals surface area contributed by atoms with Gasteiger partial charge < -0.3 is 5.32 Å². The second-order valence-corrected chi connectivity index (χ2v) is 8.39. The molecule has 24 heavy (non-hydrogen) atoms. The minimum atomic E-state index is -0.0824. The van der Waals surface area contributed by atoms with Crippen molar-refractivity contribution in [2.45, 2.75) is 49.8 Å². The molecule has 0 unspecified atom stereocenters. The van der Waals surface area contributed by atoms with E-state index in [0.29, 0.717) is 17.1 Å². The molecule has 0 radical (unpaired) electrons. The summed E-state index contributed by atoms with van der Waals surface area (Å²) in [5.74, 6) is 1.04. The summed E-state index contributed by atoms with van der Waals surface area (Å²) in [6, 6.07) is 2.32. The summed E-state index contributed by atoms with van der Waals surface area (Å²) in [4.78, 5) is 25.0. The number of hydrogen-bond acceptors (Lipinski definition) is 4. The number of H-pyrrole nitrogens is 1. The molecule has 3 heterocycles. The van der Waals surface area contributed by atoms with Crippen molar-refractivity contribution in [3.63, 3.8) is 0 Å². The van der Waals surface area contributed by atoms with Gasteiger partial charge in [0.15, 0.2) is 0 Å². The van der Waals surface area contributed by atoms with Crippen molar-refractivity contribution in [3.05, 3.63) is 38.3 Å². The van der Waals surface area contributed by atoms with Crippen LogP contribution in [0.25, 0.3) is 0 Å². The molecule has 1 aliphatic heterocycles. The van der Waals surface area contributed by atoms with Crippen LogP contribution in [-0.2, 0) is 4.79 Å². The number of nitrogens with one attached hydrogen (secondary N) is 2. The minimum Gasteiger partial charge on any atom is -0.310 e. The first-order valence-corrected chi connectivity index (χ1v) is 10.5. The van der Waals surface area contributed by atoms with E-state index in [1.54, 1.807) is 11.3 Å². The van der Waals surface area contributed by atoms with Gasteiger partial charge in [0.05, 0.1) is 22.6 Å². The van der Waals surface area contributed by atoms with Crippen molar-refractivity contribution in [1.29, 1.82) is 0 Å². The normalized spacial score (nSPS) is 22.5. The molecule has 1 atom stereocenters. The van der Waals surface area contributed by atoms with E-state index in [9.17, 15) is 9.59 Å². The number of aromatic amines is 1. The average molecular weight is 364 g/mol. The largest absolute Gasteiger partial charge is 0.310 e. The Morgan fingerprint density at radius 2 is 1.92 bits per heavy atom. The molecule has 1 fully saturated rings. The second-order valence-electron chi connectivity index (χ2n) is 6.51.